The molecule has 0 saturated carbocycles. The van der Waals surface area contributed by atoms with Gasteiger partial charge < -0.3 is 19.7 Å². The third-order valence-electron chi connectivity index (χ3n) is 3.69. The summed E-state index contributed by atoms with van der Waals surface area (Å²) in [6.07, 6.45) is 2.41. The molecule has 1 aromatic heterocycles. The van der Waals surface area contributed by atoms with Gasteiger partial charge in [-0.1, -0.05) is 0 Å². The Kier molecular flexibility index (Phi) is 5.40. The van der Waals surface area contributed by atoms with Crippen molar-refractivity contribution in [1.29, 1.82) is 0 Å². The number of hydrogen-bond donors (Lipinski definition) is 1. The molecule has 2 heterocycles. The van der Waals surface area contributed by atoms with Gasteiger partial charge in [-0.25, -0.2) is 0 Å². The van der Waals surface area contributed by atoms with E-state index in [1.807, 2.05) is 0 Å². The van der Waals surface area contributed by atoms with Crippen molar-refractivity contribution in [2.45, 2.75) is 19.8 Å². The minimum absolute atomic E-state index is 0.538. The number of methoxy groups -OCH3 is 2. The molecule has 0 bridgehead atoms. The summed E-state index contributed by atoms with van der Waals surface area (Å²) in [5.41, 5.74) is 0. The Bertz CT molecular complexity index is 399. The highest BCUT2D eigenvalue weighted by atomic mass is 16.5. The molecule has 0 radical (unpaired) electrons. The van der Waals surface area contributed by atoms with Crippen LogP contribution in [0.4, 0.5) is 5.95 Å². The molecule has 112 valence electrons. The van der Waals surface area contributed by atoms with Gasteiger partial charge in [0, 0.05) is 13.1 Å². The van der Waals surface area contributed by atoms with Gasteiger partial charge >= 0.3 is 0 Å². The molecule has 0 aromatic carbocycles. The maximum Gasteiger partial charge on any atom is 0.231 e. The van der Waals surface area contributed by atoms with Gasteiger partial charge in [0.2, 0.25) is 17.7 Å². The molecule has 1 N–H and O–H groups in total. The van der Waals surface area contributed by atoms with E-state index in [0.717, 1.165) is 26.2 Å². The second-order valence-corrected chi connectivity index (χ2v) is 4.98. The zero-order valence-electron chi connectivity index (χ0n) is 12.6. The van der Waals surface area contributed by atoms with Crippen molar-refractivity contribution in [3.63, 3.8) is 0 Å². The van der Waals surface area contributed by atoms with Crippen molar-refractivity contribution in [2.24, 2.45) is 5.92 Å². The molecule has 1 aliphatic rings. The predicted molar refractivity (Wildman–Crippen MR) is 78.6 cm³/mol. The maximum absolute atomic E-state index is 5.21. The van der Waals surface area contributed by atoms with Gasteiger partial charge in [-0.15, -0.1) is 0 Å². The molecule has 6 nitrogen and oxygen atoms in total. The minimum Gasteiger partial charge on any atom is -0.481 e. The monoisotopic (exact) mass is 280 g/mol. The molecule has 0 atom stereocenters. The summed E-state index contributed by atoms with van der Waals surface area (Å²) in [6, 6.07) is 1.70. The molecule has 1 aromatic rings. The number of hydrogen-bond acceptors (Lipinski definition) is 6. The Morgan fingerprint density at radius 1 is 1.20 bits per heavy atom. The molecule has 0 amide bonds. The van der Waals surface area contributed by atoms with Gasteiger partial charge in [-0.3, -0.25) is 0 Å². The number of rotatable bonds is 6. The van der Waals surface area contributed by atoms with Crippen LogP contribution in [0.5, 0.6) is 11.8 Å². The molecule has 1 fully saturated rings. The fourth-order valence-corrected chi connectivity index (χ4v) is 2.47. The van der Waals surface area contributed by atoms with Crippen LogP contribution in [-0.2, 0) is 0 Å². The van der Waals surface area contributed by atoms with Crippen LogP contribution < -0.4 is 19.7 Å². The molecular formula is C14H24N4O2. The van der Waals surface area contributed by atoms with E-state index in [0.29, 0.717) is 23.6 Å². The van der Waals surface area contributed by atoms with Crippen molar-refractivity contribution in [2.75, 3.05) is 45.3 Å². The molecule has 0 aliphatic carbocycles. The summed E-state index contributed by atoms with van der Waals surface area (Å²) < 4.78 is 10.4. The molecule has 0 unspecified atom stereocenters. The Labute approximate surface area is 120 Å². The highest BCUT2D eigenvalue weighted by molar-refractivity contribution is 5.36. The highest BCUT2D eigenvalue weighted by Crippen LogP contribution is 2.22. The maximum atomic E-state index is 5.21. The molecule has 1 saturated heterocycles. The first-order chi connectivity index (χ1) is 9.76. The minimum atomic E-state index is 0.538. The van der Waals surface area contributed by atoms with Crippen molar-refractivity contribution in [3.8, 4) is 11.8 Å². The molecule has 6 heteroatoms. The van der Waals surface area contributed by atoms with E-state index in [-0.39, 0.29) is 0 Å². The molecule has 2 rings (SSSR count). The normalized spacial score (nSPS) is 15.9. The summed E-state index contributed by atoms with van der Waals surface area (Å²) in [5.74, 6) is 2.45. The number of nitrogens with zero attached hydrogens (tertiary/aromatic N) is 3. The van der Waals surface area contributed by atoms with Gasteiger partial charge in [0.05, 0.1) is 20.3 Å². The molecule has 0 spiro atoms. The first-order valence-electron chi connectivity index (χ1n) is 7.19. The highest BCUT2D eigenvalue weighted by Gasteiger charge is 2.19. The Hall–Kier alpha value is -1.56. The summed E-state index contributed by atoms with van der Waals surface area (Å²) in [4.78, 5) is 11.1. The van der Waals surface area contributed by atoms with Crippen molar-refractivity contribution < 1.29 is 9.47 Å². The third kappa shape index (κ3) is 3.72. The first kappa shape index (κ1) is 14.8. The van der Waals surface area contributed by atoms with Crippen LogP contribution in [-0.4, -0.2) is 50.4 Å². The van der Waals surface area contributed by atoms with E-state index < -0.39 is 0 Å². The SMILES string of the molecule is CCN(CC1CCNCC1)c1nc(OC)cc(OC)n1. The largest absolute Gasteiger partial charge is 0.481 e. The summed E-state index contributed by atoms with van der Waals surface area (Å²) in [5, 5.41) is 3.39. The summed E-state index contributed by atoms with van der Waals surface area (Å²) >= 11 is 0. The summed E-state index contributed by atoms with van der Waals surface area (Å²) in [6.45, 7) is 6.18. The van der Waals surface area contributed by atoms with E-state index >= 15 is 0 Å². The Balaban J connectivity index is 2.12. The third-order valence-corrected chi connectivity index (χ3v) is 3.69. The average molecular weight is 280 g/mol. The van der Waals surface area contributed by atoms with Gasteiger partial charge in [0.15, 0.2) is 0 Å². The smallest absolute Gasteiger partial charge is 0.231 e. The second-order valence-electron chi connectivity index (χ2n) is 4.98. The van der Waals surface area contributed by atoms with E-state index in [9.17, 15) is 0 Å². The fraction of sp³-hybridized carbons (Fsp3) is 0.714. The number of ether oxygens (including phenoxy) is 2. The number of piperidine rings is 1. The quantitative estimate of drug-likeness (QED) is 0.848. The second kappa shape index (κ2) is 7.28. The first-order valence-corrected chi connectivity index (χ1v) is 7.19. The zero-order valence-corrected chi connectivity index (χ0v) is 12.6. The van der Waals surface area contributed by atoms with E-state index in [1.165, 1.54) is 12.8 Å². The lowest BCUT2D eigenvalue weighted by atomic mass is 9.98. The van der Waals surface area contributed by atoms with Crippen molar-refractivity contribution in [3.05, 3.63) is 6.07 Å². The van der Waals surface area contributed by atoms with Gasteiger partial charge in [-0.2, -0.15) is 9.97 Å². The molecular weight excluding hydrogens is 256 g/mol. The van der Waals surface area contributed by atoms with E-state index in [1.54, 1.807) is 20.3 Å². The lowest BCUT2D eigenvalue weighted by molar-refractivity contribution is 0.362. The van der Waals surface area contributed by atoms with Crippen LogP contribution in [0.2, 0.25) is 0 Å². The van der Waals surface area contributed by atoms with Crippen LogP contribution in [0.25, 0.3) is 0 Å². The van der Waals surface area contributed by atoms with Crippen LogP contribution >= 0.6 is 0 Å². The predicted octanol–water partition coefficient (Wildman–Crippen LogP) is 1.32. The average Bonchev–Trinajstić information content (AvgIpc) is 2.53. The van der Waals surface area contributed by atoms with Crippen molar-refractivity contribution in [1.82, 2.24) is 15.3 Å². The van der Waals surface area contributed by atoms with Gasteiger partial charge in [0.1, 0.15) is 0 Å². The van der Waals surface area contributed by atoms with Crippen LogP contribution in [0.3, 0.4) is 0 Å². The standard InChI is InChI=1S/C14H24N4O2/c1-4-18(10-11-5-7-15-8-6-11)14-16-12(19-2)9-13(17-14)20-3/h9,11,15H,4-8,10H2,1-3H3. The fourth-order valence-electron chi connectivity index (χ4n) is 2.47. The van der Waals surface area contributed by atoms with Crippen LogP contribution in [0.15, 0.2) is 6.07 Å². The Morgan fingerprint density at radius 3 is 2.30 bits per heavy atom. The molecule has 20 heavy (non-hydrogen) atoms. The lowest BCUT2D eigenvalue weighted by Crippen LogP contribution is -2.37. The van der Waals surface area contributed by atoms with Gasteiger partial charge in [0.25, 0.3) is 0 Å². The Morgan fingerprint density at radius 2 is 1.80 bits per heavy atom. The van der Waals surface area contributed by atoms with Gasteiger partial charge in [-0.05, 0) is 38.8 Å². The lowest BCUT2D eigenvalue weighted by Gasteiger charge is -2.29. The number of nitrogens with one attached hydrogen (secondary N) is 1. The molecule has 1 aliphatic heterocycles. The van der Waals surface area contributed by atoms with Crippen molar-refractivity contribution >= 4 is 5.95 Å². The van der Waals surface area contributed by atoms with E-state index in [2.05, 4.69) is 27.1 Å². The van der Waals surface area contributed by atoms with Crippen LogP contribution in [0, 0.1) is 5.92 Å². The zero-order chi connectivity index (χ0) is 14.4. The topological polar surface area (TPSA) is 59.5 Å². The van der Waals surface area contributed by atoms with E-state index in [4.69, 9.17) is 9.47 Å². The summed E-state index contributed by atoms with van der Waals surface area (Å²) in [7, 11) is 3.21. The number of anilines is 1. The number of aromatic nitrogens is 2. The van der Waals surface area contributed by atoms with Crippen LogP contribution in [0.1, 0.15) is 19.8 Å².